The van der Waals surface area contributed by atoms with Crippen LogP contribution in [0.3, 0.4) is 0 Å². The van der Waals surface area contributed by atoms with E-state index < -0.39 is 17.2 Å². The largest absolute Gasteiger partial charge is 0.494 e. The van der Waals surface area contributed by atoms with Crippen LogP contribution in [-0.2, 0) is 4.79 Å². The van der Waals surface area contributed by atoms with Crippen LogP contribution < -0.4 is 9.64 Å². The maximum atomic E-state index is 14.8. The van der Waals surface area contributed by atoms with Gasteiger partial charge in [-0.3, -0.25) is 9.79 Å². The summed E-state index contributed by atoms with van der Waals surface area (Å²) in [6, 6.07) is 5.30. The fourth-order valence-electron chi connectivity index (χ4n) is 2.62. The third-order valence-corrected chi connectivity index (χ3v) is 4.73. The number of methoxy groups -OCH3 is 1. The van der Waals surface area contributed by atoms with Gasteiger partial charge in [-0.2, -0.15) is 0 Å². The zero-order valence-corrected chi connectivity index (χ0v) is 14.8. The first-order valence-electron chi connectivity index (χ1n) is 7.18. The van der Waals surface area contributed by atoms with E-state index >= 15 is 0 Å². The molecule has 0 bridgehead atoms. The molecule has 130 valence electrons. The van der Waals surface area contributed by atoms with Crippen molar-refractivity contribution in [3.05, 3.63) is 57.1 Å². The summed E-state index contributed by atoms with van der Waals surface area (Å²) in [4.78, 5) is 17.6. The highest BCUT2D eigenvalue weighted by molar-refractivity contribution is 6.45. The van der Waals surface area contributed by atoms with Gasteiger partial charge in [-0.25, -0.2) is 8.78 Å². The minimum absolute atomic E-state index is 0.0566. The van der Waals surface area contributed by atoms with E-state index in [1.165, 1.54) is 31.2 Å². The summed E-state index contributed by atoms with van der Waals surface area (Å²) in [6.07, 6.45) is 0. The Hall–Kier alpha value is -2.18. The number of hydrogen-bond acceptors (Lipinski definition) is 3. The van der Waals surface area contributed by atoms with Gasteiger partial charge in [0.05, 0.1) is 34.1 Å². The zero-order valence-electron chi connectivity index (χ0n) is 13.2. The molecule has 1 aliphatic rings. The summed E-state index contributed by atoms with van der Waals surface area (Å²) < 4.78 is 34.1. The molecule has 0 aliphatic carbocycles. The Labute approximate surface area is 152 Å². The number of ether oxygens (including phenoxy) is 1. The van der Waals surface area contributed by atoms with Gasteiger partial charge in [-0.15, -0.1) is 0 Å². The van der Waals surface area contributed by atoms with Gasteiger partial charge in [0.25, 0.3) is 0 Å². The van der Waals surface area contributed by atoms with Crippen LogP contribution in [0.15, 0.2) is 29.3 Å². The molecule has 1 amide bonds. The number of anilines is 1. The first-order chi connectivity index (χ1) is 11.9. The number of likely N-dealkylation sites (N-methyl/N-ethyl adjacent to an activating group) is 1. The second-order valence-corrected chi connectivity index (χ2v) is 6.10. The first-order valence-corrected chi connectivity index (χ1v) is 7.94. The predicted octanol–water partition coefficient (Wildman–Crippen LogP) is 4.09. The van der Waals surface area contributed by atoms with E-state index in [9.17, 15) is 13.6 Å². The second kappa shape index (κ2) is 6.61. The van der Waals surface area contributed by atoms with Crippen molar-refractivity contribution in [2.75, 3.05) is 25.6 Å². The van der Waals surface area contributed by atoms with Crippen molar-refractivity contribution in [3.63, 3.8) is 0 Å². The van der Waals surface area contributed by atoms with Crippen LogP contribution in [0.1, 0.15) is 11.1 Å². The SMILES string of the molecule is COc1ccc(F)c(C2=NCC(=O)N(C)c3ccc(Cl)c(Cl)c32)c1F. The van der Waals surface area contributed by atoms with Gasteiger partial charge < -0.3 is 9.64 Å². The van der Waals surface area contributed by atoms with Gasteiger partial charge in [0.15, 0.2) is 11.6 Å². The number of carbonyl (C=O) groups is 1. The van der Waals surface area contributed by atoms with Crippen molar-refractivity contribution in [3.8, 4) is 5.75 Å². The molecule has 0 radical (unpaired) electrons. The third-order valence-electron chi connectivity index (χ3n) is 3.93. The van der Waals surface area contributed by atoms with E-state index in [0.29, 0.717) is 5.69 Å². The highest BCUT2D eigenvalue weighted by Crippen LogP contribution is 2.38. The Morgan fingerprint density at radius 2 is 1.88 bits per heavy atom. The Kier molecular flexibility index (Phi) is 4.67. The Morgan fingerprint density at radius 1 is 1.16 bits per heavy atom. The Balaban J connectivity index is 2.37. The molecule has 0 saturated carbocycles. The number of rotatable bonds is 2. The summed E-state index contributed by atoms with van der Waals surface area (Å²) in [5.41, 5.74) is 0.0350. The van der Waals surface area contributed by atoms with E-state index in [0.717, 1.165) is 6.07 Å². The summed E-state index contributed by atoms with van der Waals surface area (Å²) in [6.45, 7) is -0.287. The average Bonchev–Trinajstić information content (AvgIpc) is 2.70. The topological polar surface area (TPSA) is 41.9 Å². The summed E-state index contributed by atoms with van der Waals surface area (Å²) in [5.74, 6) is -2.28. The minimum Gasteiger partial charge on any atom is -0.494 e. The van der Waals surface area contributed by atoms with Crippen LogP contribution in [0.5, 0.6) is 5.75 Å². The third kappa shape index (κ3) is 2.85. The number of benzodiazepines with no additional fused rings is 1. The van der Waals surface area contributed by atoms with Gasteiger partial charge >= 0.3 is 0 Å². The highest BCUT2D eigenvalue weighted by atomic mass is 35.5. The number of aliphatic imine (C=N–C) groups is 1. The molecular formula is C17H12Cl2F2N2O2. The van der Waals surface area contributed by atoms with Crippen LogP contribution >= 0.6 is 23.2 Å². The second-order valence-electron chi connectivity index (χ2n) is 5.31. The van der Waals surface area contributed by atoms with E-state index in [-0.39, 0.29) is 39.5 Å². The number of benzene rings is 2. The Morgan fingerprint density at radius 3 is 2.56 bits per heavy atom. The van der Waals surface area contributed by atoms with Gasteiger partial charge in [-0.1, -0.05) is 23.2 Å². The lowest BCUT2D eigenvalue weighted by molar-refractivity contribution is -0.116. The molecule has 0 atom stereocenters. The van der Waals surface area contributed by atoms with Crippen LogP contribution in [0.4, 0.5) is 14.5 Å². The minimum atomic E-state index is -0.930. The number of amides is 1. The molecule has 0 saturated heterocycles. The number of halogens is 4. The molecule has 1 aliphatic heterocycles. The number of hydrogen-bond donors (Lipinski definition) is 0. The van der Waals surface area contributed by atoms with Crippen LogP contribution in [0, 0.1) is 11.6 Å². The van der Waals surface area contributed by atoms with Gasteiger partial charge in [0, 0.05) is 12.6 Å². The van der Waals surface area contributed by atoms with Crippen LogP contribution in [0.2, 0.25) is 10.0 Å². The fraction of sp³-hybridized carbons (Fsp3) is 0.176. The highest BCUT2D eigenvalue weighted by Gasteiger charge is 2.30. The maximum Gasteiger partial charge on any atom is 0.248 e. The van der Waals surface area contributed by atoms with Crippen molar-refractivity contribution in [2.45, 2.75) is 0 Å². The molecule has 0 N–H and O–H groups in total. The molecule has 0 aromatic heterocycles. The smallest absolute Gasteiger partial charge is 0.248 e. The Bertz CT molecular complexity index is 916. The lowest BCUT2D eigenvalue weighted by Gasteiger charge is -2.20. The average molecular weight is 385 g/mol. The van der Waals surface area contributed by atoms with Crippen molar-refractivity contribution in [1.82, 2.24) is 0 Å². The molecule has 1 heterocycles. The van der Waals surface area contributed by atoms with E-state index in [2.05, 4.69) is 4.99 Å². The van der Waals surface area contributed by atoms with Crippen molar-refractivity contribution >= 4 is 40.5 Å². The lowest BCUT2D eigenvalue weighted by atomic mass is 9.98. The lowest BCUT2D eigenvalue weighted by Crippen LogP contribution is -2.27. The molecular weight excluding hydrogens is 373 g/mol. The van der Waals surface area contributed by atoms with Gasteiger partial charge in [-0.05, 0) is 24.3 Å². The normalized spacial score (nSPS) is 14.1. The molecule has 2 aromatic carbocycles. The van der Waals surface area contributed by atoms with Crippen LogP contribution in [0.25, 0.3) is 0 Å². The zero-order chi connectivity index (χ0) is 18.3. The standard InChI is InChI=1S/C17H12Cl2F2N2O2/c1-23-10-5-3-8(18)15(19)14(10)17(22-7-12(23)24)13-9(20)4-6-11(25-2)16(13)21/h3-6H,7H2,1-2H3. The van der Waals surface area contributed by atoms with Gasteiger partial charge in [0.2, 0.25) is 5.91 Å². The molecule has 0 fully saturated rings. The van der Waals surface area contributed by atoms with E-state index in [4.69, 9.17) is 27.9 Å². The van der Waals surface area contributed by atoms with E-state index in [1.54, 1.807) is 6.07 Å². The quantitative estimate of drug-likeness (QED) is 0.782. The van der Waals surface area contributed by atoms with Crippen molar-refractivity contribution in [1.29, 1.82) is 0 Å². The number of fused-ring (bicyclic) bond motifs is 1. The summed E-state index contributed by atoms with van der Waals surface area (Å²) in [7, 11) is 2.80. The molecule has 2 aromatic rings. The van der Waals surface area contributed by atoms with Crippen molar-refractivity contribution < 1.29 is 18.3 Å². The molecule has 3 rings (SSSR count). The molecule has 0 unspecified atom stereocenters. The summed E-state index contributed by atoms with van der Waals surface area (Å²) in [5, 5.41) is 0.237. The summed E-state index contributed by atoms with van der Waals surface area (Å²) >= 11 is 12.4. The molecule has 25 heavy (non-hydrogen) atoms. The van der Waals surface area contributed by atoms with E-state index in [1.807, 2.05) is 0 Å². The molecule has 0 spiro atoms. The first kappa shape index (κ1) is 17.6. The fourth-order valence-corrected chi connectivity index (χ4v) is 3.03. The predicted molar refractivity (Wildman–Crippen MR) is 93.3 cm³/mol. The van der Waals surface area contributed by atoms with Crippen LogP contribution in [-0.4, -0.2) is 32.3 Å². The number of carbonyl (C=O) groups excluding carboxylic acids is 1. The van der Waals surface area contributed by atoms with Crippen molar-refractivity contribution in [2.24, 2.45) is 4.99 Å². The number of nitrogens with zero attached hydrogens (tertiary/aromatic N) is 2. The van der Waals surface area contributed by atoms with Gasteiger partial charge in [0.1, 0.15) is 12.4 Å². The monoisotopic (exact) mass is 384 g/mol. The maximum absolute atomic E-state index is 14.8. The molecule has 4 nitrogen and oxygen atoms in total. The molecule has 8 heteroatoms.